The molecule has 182 valence electrons. The molecular formula is C28H18Br2F2O4. The molecule has 0 aliphatic rings. The summed E-state index contributed by atoms with van der Waals surface area (Å²) in [5.41, 5.74) is 1.65. The van der Waals surface area contributed by atoms with E-state index < -0.39 is 11.6 Å². The van der Waals surface area contributed by atoms with Crippen LogP contribution in [0.3, 0.4) is 0 Å². The van der Waals surface area contributed by atoms with E-state index in [2.05, 4.69) is 31.9 Å². The maximum absolute atomic E-state index is 15.4. The molecule has 0 spiro atoms. The lowest BCUT2D eigenvalue weighted by atomic mass is 9.99. The maximum atomic E-state index is 15.4. The summed E-state index contributed by atoms with van der Waals surface area (Å²) in [6, 6.07) is 19.0. The zero-order chi connectivity index (χ0) is 25.7. The van der Waals surface area contributed by atoms with Crippen LogP contribution in [0.1, 0.15) is 31.8 Å². The molecule has 0 bridgehead atoms. The Bertz CT molecular complexity index is 1330. The van der Waals surface area contributed by atoms with Crippen LogP contribution in [0.25, 0.3) is 11.1 Å². The maximum Gasteiger partial charge on any atom is 0.150 e. The van der Waals surface area contributed by atoms with E-state index in [1.165, 1.54) is 12.1 Å². The Morgan fingerprint density at radius 3 is 1.42 bits per heavy atom. The van der Waals surface area contributed by atoms with Crippen molar-refractivity contribution in [1.29, 1.82) is 0 Å². The van der Waals surface area contributed by atoms with Crippen molar-refractivity contribution in [2.45, 2.75) is 13.2 Å². The summed E-state index contributed by atoms with van der Waals surface area (Å²) < 4.78 is 43.4. The largest absolute Gasteiger partial charge is 0.488 e. The molecule has 0 N–H and O–H groups in total. The summed E-state index contributed by atoms with van der Waals surface area (Å²) in [6.45, 7) is -0.179. The van der Waals surface area contributed by atoms with Gasteiger partial charge in [0.1, 0.15) is 48.9 Å². The molecule has 4 aromatic rings. The second-order valence-corrected chi connectivity index (χ2v) is 9.46. The normalized spacial score (nSPS) is 10.7. The van der Waals surface area contributed by atoms with Gasteiger partial charge in [0.05, 0.1) is 8.95 Å². The molecule has 4 nitrogen and oxygen atoms in total. The number of hydrogen-bond donors (Lipinski definition) is 0. The van der Waals surface area contributed by atoms with Crippen LogP contribution in [-0.4, -0.2) is 12.6 Å². The van der Waals surface area contributed by atoms with Gasteiger partial charge in [0.15, 0.2) is 0 Å². The van der Waals surface area contributed by atoms with Crippen molar-refractivity contribution in [3.8, 4) is 22.6 Å². The number of carbonyl (C=O) groups excluding carboxylic acids is 2. The number of ether oxygens (including phenoxy) is 2. The Morgan fingerprint density at radius 1 is 0.639 bits per heavy atom. The Morgan fingerprint density at radius 2 is 1.06 bits per heavy atom. The third kappa shape index (κ3) is 5.71. The first-order valence-corrected chi connectivity index (χ1v) is 12.3. The van der Waals surface area contributed by atoms with Gasteiger partial charge < -0.3 is 9.47 Å². The minimum atomic E-state index is -0.595. The number of aldehydes is 2. The fourth-order valence-electron chi connectivity index (χ4n) is 3.52. The first-order chi connectivity index (χ1) is 17.4. The van der Waals surface area contributed by atoms with Crippen molar-refractivity contribution >= 4 is 44.4 Å². The van der Waals surface area contributed by atoms with Gasteiger partial charge in [-0.15, -0.1) is 0 Å². The van der Waals surface area contributed by atoms with Crippen molar-refractivity contribution < 1.29 is 27.8 Å². The zero-order valence-electron chi connectivity index (χ0n) is 18.6. The molecule has 0 aliphatic heterocycles. The molecule has 4 aromatic carbocycles. The lowest BCUT2D eigenvalue weighted by Crippen LogP contribution is -2.03. The van der Waals surface area contributed by atoms with Crippen LogP contribution in [0.2, 0.25) is 0 Å². The van der Waals surface area contributed by atoms with E-state index >= 15 is 8.78 Å². The van der Waals surface area contributed by atoms with Gasteiger partial charge in [0.25, 0.3) is 0 Å². The quantitative estimate of drug-likeness (QED) is 0.179. The summed E-state index contributed by atoms with van der Waals surface area (Å²) in [6.07, 6.45) is 1.43. The van der Waals surface area contributed by atoms with E-state index in [4.69, 9.17) is 9.47 Å². The number of halogens is 4. The predicted octanol–water partition coefficient (Wildman–Crippen LogP) is 7.94. The fraction of sp³-hybridized carbons (Fsp3) is 0.0714. The highest BCUT2D eigenvalue weighted by Gasteiger charge is 2.17. The van der Waals surface area contributed by atoms with E-state index in [0.29, 0.717) is 44.1 Å². The first-order valence-electron chi connectivity index (χ1n) is 10.7. The third-order valence-corrected chi connectivity index (χ3v) is 6.64. The molecule has 0 atom stereocenters. The molecular weight excluding hydrogens is 598 g/mol. The van der Waals surface area contributed by atoms with E-state index in [0.717, 1.165) is 0 Å². The first kappa shape index (κ1) is 25.7. The predicted molar refractivity (Wildman–Crippen MR) is 140 cm³/mol. The van der Waals surface area contributed by atoms with Crippen LogP contribution in [0.5, 0.6) is 11.5 Å². The number of hydrogen-bond acceptors (Lipinski definition) is 4. The lowest BCUT2D eigenvalue weighted by molar-refractivity contribution is 0.111. The SMILES string of the molecule is O=Cc1ccc(OCc2cccc(-c3cccc(COc4ccc(C=O)cc4Br)c3F)c2F)c(Br)c1. The molecule has 0 heterocycles. The minimum absolute atomic E-state index is 0.0893. The molecule has 0 saturated carbocycles. The van der Waals surface area contributed by atoms with Gasteiger partial charge in [-0.2, -0.15) is 0 Å². The Balaban J connectivity index is 1.54. The highest BCUT2D eigenvalue weighted by molar-refractivity contribution is 9.10. The van der Waals surface area contributed by atoms with E-state index in [1.807, 2.05) is 0 Å². The van der Waals surface area contributed by atoms with Gasteiger partial charge in [-0.1, -0.05) is 36.4 Å². The van der Waals surface area contributed by atoms with Gasteiger partial charge in [-0.05, 0) is 68.3 Å². The average molecular weight is 616 g/mol. The van der Waals surface area contributed by atoms with E-state index in [9.17, 15) is 9.59 Å². The fourth-order valence-corrected chi connectivity index (χ4v) is 4.55. The average Bonchev–Trinajstić information content (AvgIpc) is 2.88. The lowest BCUT2D eigenvalue weighted by Gasteiger charge is -2.14. The van der Waals surface area contributed by atoms with E-state index in [1.54, 1.807) is 60.7 Å². The topological polar surface area (TPSA) is 52.6 Å². The number of benzene rings is 4. The second-order valence-electron chi connectivity index (χ2n) is 7.75. The standard InChI is InChI=1S/C28H18Br2F2O4/c29-23-11-17(13-33)7-9-25(23)35-15-19-3-1-5-21(27(19)31)22-6-2-4-20(28(22)32)16-36-26-10-8-18(14-34)12-24(26)30/h1-14H,15-16H2. The molecule has 0 fully saturated rings. The van der Waals surface area contributed by atoms with Crippen molar-refractivity contribution in [3.63, 3.8) is 0 Å². The van der Waals surface area contributed by atoms with Crippen LogP contribution >= 0.6 is 31.9 Å². The third-order valence-electron chi connectivity index (χ3n) is 5.40. The van der Waals surface area contributed by atoms with Crippen LogP contribution in [-0.2, 0) is 13.2 Å². The molecule has 0 amide bonds. The zero-order valence-corrected chi connectivity index (χ0v) is 21.8. The molecule has 0 aliphatic carbocycles. The van der Waals surface area contributed by atoms with Gasteiger partial charge in [0.2, 0.25) is 0 Å². The Kier molecular flexibility index (Phi) is 8.28. The van der Waals surface area contributed by atoms with Crippen molar-refractivity contribution in [3.05, 3.63) is 116 Å². The summed E-state index contributed by atoms with van der Waals surface area (Å²) >= 11 is 6.67. The molecule has 0 unspecified atom stereocenters. The summed E-state index contributed by atoms with van der Waals surface area (Å²) in [5, 5.41) is 0. The van der Waals surface area contributed by atoms with Gasteiger partial charge in [-0.3, -0.25) is 9.59 Å². The molecule has 0 radical (unpaired) electrons. The Labute approximate surface area is 223 Å². The highest BCUT2D eigenvalue weighted by atomic mass is 79.9. The van der Waals surface area contributed by atoms with Crippen LogP contribution < -0.4 is 9.47 Å². The molecule has 8 heteroatoms. The van der Waals surface area contributed by atoms with Crippen LogP contribution in [0.15, 0.2) is 81.7 Å². The Hall–Kier alpha value is -3.36. The number of carbonyl (C=O) groups is 2. The van der Waals surface area contributed by atoms with Gasteiger partial charge in [0, 0.05) is 33.4 Å². The smallest absolute Gasteiger partial charge is 0.150 e. The van der Waals surface area contributed by atoms with Crippen molar-refractivity contribution in [1.82, 2.24) is 0 Å². The monoisotopic (exact) mass is 614 g/mol. The highest BCUT2D eigenvalue weighted by Crippen LogP contribution is 2.32. The molecule has 0 saturated heterocycles. The van der Waals surface area contributed by atoms with Gasteiger partial charge in [-0.25, -0.2) is 8.78 Å². The molecule has 4 rings (SSSR count). The summed E-state index contributed by atoms with van der Waals surface area (Å²) in [4.78, 5) is 21.8. The van der Waals surface area contributed by atoms with Crippen LogP contribution in [0, 0.1) is 11.6 Å². The number of rotatable bonds is 9. The minimum Gasteiger partial charge on any atom is -0.488 e. The van der Waals surface area contributed by atoms with E-state index in [-0.39, 0.29) is 35.5 Å². The summed E-state index contributed by atoms with van der Waals surface area (Å²) in [5.74, 6) is -0.296. The van der Waals surface area contributed by atoms with Crippen molar-refractivity contribution in [2.24, 2.45) is 0 Å². The summed E-state index contributed by atoms with van der Waals surface area (Å²) in [7, 11) is 0. The van der Waals surface area contributed by atoms with Crippen molar-refractivity contribution in [2.75, 3.05) is 0 Å². The second kappa shape index (κ2) is 11.6. The van der Waals surface area contributed by atoms with Gasteiger partial charge >= 0.3 is 0 Å². The molecule has 0 aromatic heterocycles. The van der Waals surface area contributed by atoms with Crippen LogP contribution in [0.4, 0.5) is 8.78 Å². The molecule has 36 heavy (non-hydrogen) atoms.